The molecule has 4 N–H and O–H groups in total. The van der Waals surface area contributed by atoms with Crippen molar-refractivity contribution in [3.63, 3.8) is 0 Å². The van der Waals surface area contributed by atoms with E-state index in [2.05, 4.69) is 40.4 Å². The molecule has 6 rings (SSSR count). The fourth-order valence-corrected chi connectivity index (χ4v) is 4.42. The second-order valence-electron chi connectivity index (χ2n) is 8.84. The molecular formula is C27H22F2N8O. The van der Waals surface area contributed by atoms with Crippen LogP contribution in [0.25, 0.3) is 56.0 Å². The summed E-state index contributed by atoms with van der Waals surface area (Å²) in [5.41, 5.74) is 4.32. The molecule has 5 aromatic heterocycles. The van der Waals surface area contributed by atoms with Crippen LogP contribution in [0.5, 0.6) is 0 Å². The molecule has 0 aliphatic carbocycles. The minimum absolute atomic E-state index is 0.161. The van der Waals surface area contributed by atoms with E-state index >= 15 is 4.39 Å². The molecule has 1 aromatic carbocycles. The quantitative estimate of drug-likeness (QED) is 0.210. The van der Waals surface area contributed by atoms with E-state index in [1.54, 1.807) is 36.7 Å². The van der Waals surface area contributed by atoms with Gasteiger partial charge in [-0.15, -0.1) is 0 Å². The number of fused-ring (bicyclic) bond motifs is 2. The van der Waals surface area contributed by atoms with Crippen LogP contribution in [0.1, 0.15) is 19.8 Å². The molecule has 0 aliphatic rings. The number of imidazole rings is 1. The van der Waals surface area contributed by atoms with Crippen LogP contribution < -0.4 is 5.32 Å². The third-order valence-corrected chi connectivity index (χ3v) is 6.23. The number of anilines is 1. The number of hydrogen-bond donors (Lipinski definition) is 4. The molecule has 9 nitrogen and oxygen atoms in total. The summed E-state index contributed by atoms with van der Waals surface area (Å²) < 4.78 is 29.4. The van der Waals surface area contributed by atoms with Crippen molar-refractivity contribution in [2.24, 2.45) is 0 Å². The standard InChI is InChI=1S/C27H22F2N8O/c1-2-3-20(38)33-17-10-15(11-30-12-17)19-13-32-25-21(22(19)29)24(36-37-25)27-34-23-18(8-9-31-26(23)35-27)14-4-6-16(28)7-5-14/h4-13,20,33,38H,2-3H2,1H3,(H,31,34,35)(H,32,36,37). The molecule has 6 aromatic rings. The summed E-state index contributed by atoms with van der Waals surface area (Å²) in [5.74, 6) is -0.571. The number of halogens is 2. The summed E-state index contributed by atoms with van der Waals surface area (Å²) in [5, 5.41) is 20.3. The highest BCUT2D eigenvalue weighted by molar-refractivity contribution is 5.96. The Balaban J connectivity index is 1.43. The zero-order valence-corrected chi connectivity index (χ0v) is 20.2. The third-order valence-electron chi connectivity index (χ3n) is 6.23. The van der Waals surface area contributed by atoms with Gasteiger partial charge < -0.3 is 15.4 Å². The number of benzene rings is 1. The number of aliphatic hydroxyl groups is 1. The number of aliphatic hydroxyl groups excluding tert-OH is 1. The smallest absolute Gasteiger partial charge is 0.161 e. The lowest BCUT2D eigenvalue weighted by Crippen LogP contribution is -2.18. The molecule has 38 heavy (non-hydrogen) atoms. The van der Waals surface area contributed by atoms with Gasteiger partial charge in [0.05, 0.1) is 17.3 Å². The maximum absolute atomic E-state index is 16.0. The fraction of sp³-hybridized carbons (Fsp3) is 0.148. The zero-order valence-electron chi connectivity index (χ0n) is 20.2. The Morgan fingerprint density at radius 3 is 2.63 bits per heavy atom. The van der Waals surface area contributed by atoms with Gasteiger partial charge in [-0.1, -0.05) is 25.5 Å². The van der Waals surface area contributed by atoms with Gasteiger partial charge in [0, 0.05) is 35.3 Å². The van der Waals surface area contributed by atoms with Gasteiger partial charge in [-0.3, -0.25) is 10.1 Å². The summed E-state index contributed by atoms with van der Waals surface area (Å²) in [6, 6.07) is 9.57. The van der Waals surface area contributed by atoms with Gasteiger partial charge >= 0.3 is 0 Å². The summed E-state index contributed by atoms with van der Waals surface area (Å²) in [7, 11) is 0. The summed E-state index contributed by atoms with van der Waals surface area (Å²) in [6.07, 6.45) is 6.78. The number of H-pyrrole nitrogens is 2. The molecule has 0 saturated carbocycles. The van der Waals surface area contributed by atoms with Crippen molar-refractivity contribution in [3.05, 3.63) is 72.8 Å². The van der Waals surface area contributed by atoms with E-state index in [9.17, 15) is 9.50 Å². The van der Waals surface area contributed by atoms with Crippen molar-refractivity contribution < 1.29 is 13.9 Å². The highest BCUT2D eigenvalue weighted by atomic mass is 19.1. The first-order chi connectivity index (χ1) is 18.5. The van der Waals surface area contributed by atoms with E-state index < -0.39 is 12.0 Å². The minimum Gasteiger partial charge on any atom is -0.374 e. The van der Waals surface area contributed by atoms with Gasteiger partial charge in [0.2, 0.25) is 0 Å². The normalized spacial score (nSPS) is 12.3. The summed E-state index contributed by atoms with van der Waals surface area (Å²) >= 11 is 0. The van der Waals surface area contributed by atoms with E-state index in [-0.39, 0.29) is 28.1 Å². The maximum atomic E-state index is 16.0. The molecule has 0 saturated heterocycles. The SMILES string of the molecule is CCCC(O)Nc1cncc(-c2cnc3[nH]nc(-c4nc5c(-c6ccc(F)cc6)ccnc5[nH]4)c3c2F)c1. The first-order valence-corrected chi connectivity index (χ1v) is 12.1. The van der Waals surface area contributed by atoms with Gasteiger partial charge in [-0.2, -0.15) is 5.10 Å². The van der Waals surface area contributed by atoms with Crippen LogP contribution in [0.4, 0.5) is 14.5 Å². The zero-order chi connectivity index (χ0) is 26.2. The number of rotatable bonds is 7. The lowest BCUT2D eigenvalue weighted by molar-refractivity contribution is 0.192. The molecule has 0 aliphatic heterocycles. The number of aromatic nitrogens is 7. The van der Waals surface area contributed by atoms with Crippen molar-refractivity contribution in [1.29, 1.82) is 0 Å². The molecule has 1 atom stereocenters. The van der Waals surface area contributed by atoms with Crippen molar-refractivity contribution in [2.75, 3.05) is 5.32 Å². The number of aromatic amines is 2. The van der Waals surface area contributed by atoms with Crippen molar-refractivity contribution in [2.45, 2.75) is 26.0 Å². The van der Waals surface area contributed by atoms with E-state index in [1.807, 2.05) is 6.92 Å². The lowest BCUT2D eigenvalue weighted by Gasteiger charge is -2.13. The Labute approximate surface area is 215 Å². The molecule has 0 fully saturated rings. The van der Waals surface area contributed by atoms with Crippen LogP contribution in [-0.4, -0.2) is 46.5 Å². The van der Waals surface area contributed by atoms with Gasteiger partial charge in [0.1, 0.15) is 29.1 Å². The van der Waals surface area contributed by atoms with Crippen LogP contribution in [-0.2, 0) is 0 Å². The topological polar surface area (TPSA) is 128 Å². The number of hydrogen-bond acceptors (Lipinski definition) is 7. The monoisotopic (exact) mass is 512 g/mol. The molecule has 1 unspecified atom stereocenters. The van der Waals surface area contributed by atoms with Crippen LogP contribution in [0.2, 0.25) is 0 Å². The number of pyridine rings is 3. The molecule has 0 spiro atoms. The Bertz CT molecular complexity index is 1760. The van der Waals surface area contributed by atoms with E-state index in [0.29, 0.717) is 34.7 Å². The van der Waals surface area contributed by atoms with Crippen LogP contribution in [0.3, 0.4) is 0 Å². The van der Waals surface area contributed by atoms with Gasteiger partial charge in [0.15, 0.2) is 17.1 Å². The maximum Gasteiger partial charge on any atom is 0.161 e. The predicted molar refractivity (Wildman–Crippen MR) is 140 cm³/mol. The Morgan fingerprint density at radius 1 is 0.974 bits per heavy atom. The molecule has 0 amide bonds. The van der Waals surface area contributed by atoms with Crippen LogP contribution >= 0.6 is 0 Å². The number of nitrogens with zero attached hydrogens (tertiary/aromatic N) is 5. The first-order valence-electron chi connectivity index (χ1n) is 12.1. The minimum atomic E-state index is -0.732. The fourth-order valence-electron chi connectivity index (χ4n) is 4.42. The summed E-state index contributed by atoms with van der Waals surface area (Å²) in [4.78, 5) is 20.7. The van der Waals surface area contributed by atoms with Crippen LogP contribution in [0, 0.1) is 11.6 Å². The predicted octanol–water partition coefficient (Wildman–Crippen LogP) is 5.43. The van der Waals surface area contributed by atoms with Gasteiger partial charge in [-0.05, 0) is 36.2 Å². The molecule has 0 bridgehead atoms. The summed E-state index contributed by atoms with van der Waals surface area (Å²) in [6.45, 7) is 1.97. The van der Waals surface area contributed by atoms with E-state index in [1.165, 1.54) is 24.5 Å². The highest BCUT2D eigenvalue weighted by Crippen LogP contribution is 2.34. The average Bonchev–Trinajstić information content (AvgIpc) is 3.54. The van der Waals surface area contributed by atoms with E-state index in [4.69, 9.17) is 0 Å². The van der Waals surface area contributed by atoms with Crippen molar-refractivity contribution in [3.8, 4) is 33.8 Å². The molecule has 0 radical (unpaired) electrons. The number of nitrogens with one attached hydrogen (secondary N) is 3. The second-order valence-corrected chi connectivity index (χ2v) is 8.84. The molecule has 5 heterocycles. The molecular weight excluding hydrogens is 490 g/mol. The Hall–Kier alpha value is -4.77. The molecule has 190 valence electrons. The third kappa shape index (κ3) is 4.22. The van der Waals surface area contributed by atoms with Crippen molar-refractivity contribution >= 4 is 27.9 Å². The Kier molecular flexibility index (Phi) is 5.97. The van der Waals surface area contributed by atoms with Crippen molar-refractivity contribution in [1.82, 2.24) is 35.1 Å². The lowest BCUT2D eigenvalue weighted by atomic mass is 10.1. The Morgan fingerprint density at radius 2 is 1.82 bits per heavy atom. The van der Waals surface area contributed by atoms with Gasteiger partial charge in [-0.25, -0.2) is 23.7 Å². The second kappa shape index (κ2) is 9.60. The first kappa shape index (κ1) is 23.6. The molecule has 11 heteroatoms. The van der Waals surface area contributed by atoms with E-state index in [0.717, 1.165) is 17.5 Å². The average molecular weight is 513 g/mol. The van der Waals surface area contributed by atoms with Gasteiger partial charge in [0.25, 0.3) is 0 Å². The van der Waals surface area contributed by atoms with Crippen LogP contribution in [0.15, 0.2) is 61.2 Å². The highest BCUT2D eigenvalue weighted by Gasteiger charge is 2.21. The largest absolute Gasteiger partial charge is 0.374 e.